The van der Waals surface area contributed by atoms with Crippen molar-refractivity contribution < 1.29 is 28.9 Å². The van der Waals surface area contributed by atoms with Gasteiger partial charge in [0.25, 0.3) is 11.7 Å². The molecule has 2 aliphatic rings. The Balaban J connectivity index is 1.68. The first-order chi connectivity index (χ1) is 17.5. The van der Waals surface area contributed by atoms with E-state index < -0.39 is 17.7 Å². The minimum atomic E-state index is -0.696. The number of amides is 1. The molecule has 1 atom stereocenters. The van der Waals surface area contributed by atoms with Crippen molar-refractivity contribution in [2.24, 2.45) is 0 Å². The molecule has 1 N–H and O–H groups in total. The maximum atomic E-state index is 13.3. The highest BCUT2D eigenvalue weighted by atomic mass is 16.5. The lowest BCUT2D eigenvalue weighted by Gasteiger charge is -2.31. The number of Topliss-reactive ketones (excluding diaryl/α,β-unsaturated/α-hetero) is 1. The third kappa shape index (κ3) is 5.71. The lowest BCUT2D eigenvalue weighted by Crippen LogP contribution is -2.42. The number of nitrogens with zero attached hydrogens (tertiary/aromatic N) is 2. The van der Waals surface area contributed by atoms with Gasteiger partial charge in [0.05, 0.1) is 38.0 Å². The van der Waals surface area contributed by atoms with E-state index in [0.717, 1.165) is 30.8 Å². The Bertz CT molecular complexity index is 1070. The van der Waals surface area contributed by atoms with Gasteiger partial charge in [0.15, 0.2) is 0 Å². The average Bonchev–Trinajstić information content (AvgIpc) is 3.16. The Labute approximate surface area is 212 Å². The molecule has 0 radical (unpaired) electrons. The van der Waals surface area contributed by atoms with E-state index in [4.69, 9.17) is 14.2 Å². The first kappa shape index (κ1) is 25.7. The molecular formula is C28H34N2O6. The number of carbonyl (C=O) groups excluding carboxylic acids is 2. The van der Waals surface area contributed by atoms with Gasteiger partial charge in [-0.05, 0) is 55.3 Å². The van der Waals surface area contributed by atoms with Crippen LogP contribution in [-0.2, 0) is 14.3 Å². The summed E-state index contributed by atoms with van der Waals surface area (Å²) in [6.07, 6.45) is 0.894. The van der Waals surface area contributed by atoms with Gasteiger partial charge in [-0.3, -0.25) is 14.5 Å². The summed E-state index contributed by atoms with van der Waals surface area (Å²) in [5, 5.41) is 11.3. The van der Waals surface area contributed by atoms with E-state index in [1.54, 1.807) is 29.2 Å². The van der Waals surface area contributed by atoms with Crippen LogP contribution in [0.2, 0.25) is 0 Å². The number of hydrogen-bond acceptors (Lipinski definition) is 7. The van der Waals surface area contributed by atoms with Crippen LogP contribution < -0.4 is 9.47 Å². The highest BCUT2D eigenvalue weighted by Crippen LogP contribution is 2.40. The first-order valence-corrected chi connectivity index (χ1v) is 12.6. The number of ketones is 1. The molecule has 8 nitrogen and oxygen atoms in total. The number of morpholine rings is 1. The third-order valence-electron chi connectivity index (χ3n) is 6.41. The second-order valence-corrected chi connectivity index (χ2v) is 8.82. The summed E-state index contributed by atoms with van der Waals surface area (Å²) in [6, 6.07) is 13.6. The van der Waals surface area contributed by atoms with E-state index in [9.17, 15) is 14.7 Å². The van der Waals surface area contributed by atoms with Crippen LogP contribution in [0.3, 0.4) is 0 Å². The van der Waals surface area contributed by atoms with E-state index in [1.807, 2.05) is 38.1 Å². The number of benzene rings is 2. The number of rotatable bonds is 10. The molecule has 36 heavy (non-hydrogen) atoms. The van der Waals surface area contributed by atoms with Crippen LogP contribution in [-0.4, -0.2) is 79.2 Å². The number of aliphatic hydroxyl groups is 1. The first-order valence-electron chi connectivity index (χ1n) is 12.6. The SMILES string of the molecule is CCCOc1ccc([C@@H]2C(=C(O)c3ccc(OCC)cc3)C(=O)C(=O)N2CCN2CCOCC2)cc1. The largest absolute Gasteiger partial charge is 0.507 e. The molecule has 2 aromatic carbocycles. The van der Waals surface area contributed by atoms with Gasteiger partial charge >= 0.3 is 0 Å². The fraction of sp³-hybridized carbons (Fsp3) is 0.429. The molecule has 0 aromatic heterocycles. The normalized spacial score (nSPS) is 20.1. The van der Waals surface area contributed by atoms with Gasteiger partial charge in [-0.25, -0.2) is 0 Å². The molecule has 2 aromatic rings. The van der Waals surface area contributed by atoms with Gasteiger partial charge < -0.3 is 24.2 Å². The molecule has 4 rings (SSSR count). The molecule has 8 heteroatoms. The van der Waals surface area contributed by atoms with Gasteiger partial charge in [0, 0.05) is 31.7 Å². The van der Waals surface area contributed by atoms with Gasteiger partial charge in [-0.2, -0.15) is 0 Å². The Kier molecular flexibility index (Phi) is 8.61. The van der Waals surface area contributed by atoms with Gasteiger partial charge in [0.2, 0.25) is 0 Å². The number of ether oxygens (including phenoxy) is 3. The molecule has 0 spiro atoms. The van der Waals surface area contributed by atoms with Gasteiger partial charge in [-0.1, -0.05) is 19.1 Å². The second-order valence-electron chi connectivity index (χ2n) is 8.82. The zero-order valence-electron chi connectivity index (χ0n) is 20.9. The topological polar surface area (TPSA) is 88.5 Å². The predicted octanol–water partition coefficient (Wildman–Crippen LogP) is 3.63. The smallest absolute Gasteiger partial charge is 0.295 e. The summed E-state index contributed by atoms with van der Waals surface area (Å²) in [7, 11) is 0. The standard InChI is InChI=1S/C28H34N2O6/c1-3-17-36-23-9-5-20(6-10-23)25-24(26(31)21-7-11-22(12-8-21)35-4-2)27(32)28(33)30(25)14-13-29-15-18-34-19-16-29/h5-12,25,31H,3-4,13-19H2,1-2H3/t25-/m1/s1. The molecule has 192 valence electrons. The molecule has 0 aliphatic carbocycles. The minimum absolute atomic E-state index is 0.0911. The van der Waals surface area contributed by atoms with Crippen molar-refractivity contribution in [1.82, 2.24) is 9.80 Å². The van der Waals surface area contributed by atoms with Crippen molar-refractivity contribution in [3.63, 3.8) is 0 Å². The van der Waals surface area contributed by atoms with E-state index in [2.05, 4.69) is 4.90 Å². The summed E-state index contributed by atoms with van der Waals surface area (Å²) in [6.45, 7) is 8.92. The van der Waals surface area contributed by atoms with Crippen molar-refractivity contribution in [2.75, 3.05) is 52.6 Å². The van der Waals surface area contributed by atoms with Crippen LogP contribution in [0, 0.1) is 0 Å². The fourth-order valence-electron chi connectivity index (χ4n) is 4.53. The molecular weight excluding hydrogens is 460 g/mol. The maximum Gasteiger partial charge on any atom is 0.295 e. The van der Waals surface area contributed by atoms with Crippen molar-refractivity contribution in [1.29, 1.82) is 0 Å². The molecule has 0 bridgehead atoms. The van der Waals surface area contributed by atoms with Crippen LogP contribution in [0.15, 0.2) is 54.1 Å². The zero-order chi connectivity index (χ0) is 25.5. The maximum absolute atomic E-state index is 13.3. The molecule has 0 unspecified atom stereocenters. The van der Waals surface area contributed by atoms with Crippen molar-refractivity contribution in [2.45, 2.75) is 26.3 Å². The van der Waals surface area contributed by atoms with Crippen molar-refractivity contribution in [3.8, 4) is 11.5 Å². The summed E-state index contributed by atoms with van der Waals surface area (Å²) in [5.74, 6) is -0.0927. The van der Waals surface area contributed by atoms with E-state index >= 15 is 0 Å². The van der Waals surface area contributed by atoms with Gasteiger partial charge in [0.1, 0.15) is 17.3 Å². The third-order valence-corrected chi connectivity index (χ3v) is 6.41. The van der Waals surface area contributed by atoms with Crippen LogP contribution in [0.5, 0.6) is 11.5 Å². The number of aliphatic hydroxyl groups excluding tert-OH is 1. The Hall–Kier alpha value is -3.36. The van der Waals surface area contributed by atoms with Crippen LogP contribution >= 0.6 is 0 Å². The quantitative estimate of drug-likeness (QED) is 0.307. The van der Waals surface area contributed by atoms with Crippen LogP contribution in [0.4, 0.5) is 0 Å². The van der Waals surface area contributed by atoms with Crippen LogP contribution in [0.25, 0.3) is 5.76 Å². The molecule has 1 amide bonds. The molecule has 2 saturated heterocycles. The number of carbonyl (C=O) groups is 2. The van der Waals surface area contributed by atoms with E-state index in [0.29, 0.717) is 50.8 Å². The number of hydrogen-bond donors (Lipinski definition) is 1. The van der Waals surface area contributed by atoms with Crippen molar-refractivity contribution in [3.05, 3.63) is 65.2 Å². The summed E-state index contributed by atoms with van der Waals surface area (Å²) in [5.41, 5.74) is 1.29. The van der Waals surface area contributed by atoms with E-state index in [-0.39, 0.29) is 11.3 Å². The molecule has 2 aliphatic heterocycles. The zero-order valence-corrected chi connectivity index (χ0v) is 20.9. The molecule has 0 saturated carbocycles. The predicted molar refractivity (Wildman–Crippen MR) is 136 cm³/mol. The Morgan fingerprint density at radius 3 is 2.22 bits per heavy atom. The lowest BCUT2D eigenvalue weighted by molar-refractivity contribution is -0.140. The Morgan fingerprint density at radius 1 is 0.944 bits per heavy atom. The van der Waals surface area contributed by atoms with Crippen molar-refractivity contribution >= 4 is 17.4 Å². The highest BCUT2D eigenvalue weighted by molar-refractivity contribution is 6.46. The summed E-state index contributed by atoms with van der Waals surface area (Å²) < 4.78 is 16.6. The minimum Gasteiger partial charge on any atom is -0.507 e. The Morgan fingerprint density at radius 2 is 1.58 bits per heavy atom. The molecule has 2 fully saturated rings. The second kappa shape index (κ2) is 12.1. The van der Waals surface area contributed by atoms with E-state index in [1.165, 1.54) is 0 Å². The highest BCUT2D eigenvalue weighted by Gasteiger charge is 2.46. The van der Waals surface area contributed by atoms with Crippen LogP contribution in [0.1, 0.15) is 37.4 Å². The summed E-state index contributed by atoms with van der Waals surface area (Å²) >= 11 is 0. The fourth-order valence-corrected chi connectivity index (χ4v) is 4.53. The lowest BCUT2D eigenvalue weighted by atomic mass is 9.95. The number of likely N-dealkylation sites (tertiary alicyclic amines) is 1. The molecule has 2 heterocycles. The van der Waals surface area contributed by atoms with Gasteiger partial charge in [-0.15, -0.1) is 0 Å². The monoisotopic (exact) mass is 494 g/mol. The summed E-state index contributed by atoms with van der Waals surface area (Å²) in [4.78, 5) is 30.2. The average molecular weight is 495 g/mol.